The van der Waals surface area contributed by atoms with Crippen molar-refractivity contribution in [1.29, 1.82) is 0 Å². The molecule has 1 heterocycles. The summed E-state index contributed by atoms with van der Waals surface area (Å²) >= 11 is 0. The number of aromatic hydroxyl groups is 1. The van der Waals surface area contributed by atoms with Crippen molar-refractivity contribution in [2.45, 2.75) is 33.2 Å². The molecule has 0 spiro atoms. The van der Waals surface area contributed by atoms with E-state index in [0.717, 1.165) is 27.9 Å². The first-order valence-electron chi connectivity index (χ1n) is 11.0. The van der Waals surface area contributed by atoms with Gasteiger partial charge in [0.1, 0.15) is 5.75 Å². The Bertz CT molecular complexity index is 1270. The smallest absolute Gasteiger partial charge is 0.216 e. The fourth-order valence-electron chi connectivity index (χ4n) is 4.17. The Hall–Kier alpha value is -3.26. The van der Waals surface area contributed by atoms with E-state index in [-0.39, 0.29) is 5.54 Å². The molecule has 35 heavy (non-hydrogen) atoms. The Balaban J connectivity index is 0.000000623. The van der Waals surface area contributed by atoms with Crippen LogP contribution in [0.25, 0.3) is 33.6 Å². The molecule has 6 nitrogen and oxygen atoms in total. The van der Waals surface area contributed by atoms with Crippen LogP contribution in [0.3, 0.4) is 0 Å². The van der Waals surface area contributed by atoms with Gasteiger partial charge >= 0.3 is 0 Å². The van der Waals surface area contributed by atoms with E-state index in [0.29, 0.717) is 5.75 Å². The first-order chi connectivity index (χ1) is 16.4. The minimum atomic E-state index is -4.94. The number of para-hydroxylation sites is 1. The molecule has 3 aromatic carbocycles. The van der Waals surface area contributed by atoms with Crippen LogP contribution >= 0.6 is 0 Å². The molecule has 0 saturated carbocycles. The molecule has 182 valence electrons. The molecule has 0 radical (unpaired) electrons. The van der Waals surface area contributed by atoms with Gasteiger partial charge in [0, 0.05) is 54.7 Å². The number of nitrogens with zero attached hydrogens (tertiary/aromatic N) is 1. The van der Waals surface area contributed by atoms with Crippen LogP contribution in [0.5, 0.6) is 5.75 Å². The zero-order chi connectivity index (χ0) is 25.8. The predicted molar refractivity (Wildman–Crippen MR) is 124 cm³/mol. The van der Waals surface area contributed by atoms with E-state index >= 15 is 0 Å². The van der Waals surface area contributed by atoms with Gasteiger partial charge in [-0.3, -0.25) is 0 Å². The van der Waals surface area contributed by atoms with Gasteiger partial charge in [0.25, 0.3) is 0 Å². The van der Waals surface area contributed by atoms with Crippen LogP contribution in [0.2, 0.25) is 0 Å². The maximum absolute atomic E-state index is 10.6. The van der Waals surface area contributed by atoms with E-state index in [1.54, 1.807) is 6.07 Å². The topological polar surface area (TPSA) is 116 Å². The molecule has 0 amide bonds. The summed E-state index contributed by atoms with van der Waals surface area (Å²) in [4.78, 5) is 0. The van der Waals surface area contributed by atoms with E-state index in [2.05, 4.69) is 86.9 Å². The van der Waals surface area contributed by atoms with Crippen LogP contribution in [0.1, 0.15) is 26.3 Å². The Morgan fingerprint density at radius 3 is 1.63 bits per heavy atom. The average Bonchev–Trinajstić information content (AvgIpc) is 2.79. The van der Waals surface area contributed by atoms with Gasteiger partial charge in [-0.1, -0.05) is 54.6 Å². The third-order valence-electron chi connectivity index (χ3n) is 5.49. The van der Waals surface area contributed by atoms with Gasteiger partial charge in [-0.2, -0.15) is 4.57 Å². The van der Waals surface area contributed by atoms with E-state index in [9.17, 15) is 5.11 Å². The fourth-order valence-corrected chi connectivity index (χ4v) is 4.17. The predicted octanol–water partition coefficient (Wildman–Crippen LogP) is 1.99. The Kier molecular flexibility index (Phi) is 7.95. The normalized spacial score (nSPS) is 11.5. The molecule has 0 aliphatic rings. The Morgan fingerprint density at radius 2 is 1.14 bits per heavy atom. The van der Waals surface area contributed by atoms with Crippen molar-refractivity contribution in [3.63, 3.8) is 0 Å². The van der Waals surface area contributed by atoms with E-state index in [4.69, 9.17) is 18.6 Å². The van der Waals surface area contributed by atoms with Gasteiger partial charge < -0.3 is 5.11 Å². The summed E-state index contributed by atoms with van der Waals surface area (Å²) in [6.07, 6.45) is 0. The minimum absolute atomic E-state index is 0.141. The molecule has 0 aliphatic heterocycles. The quantitative estimate of drug-likeness (QED) is 0.438. The van der Waals surface area contributed by atoms with Gasteiger partial charge in [-0.05, 0) is 37.3 Å². The Morgan fingerprint density at radius 1 is 0.686 bits per heavy atom. The molecular formula is C28H28ClNO5. The summed E-state index contributed by atoms with van der Waals surface area (Å²) in [5.74, 6) is 0.298. The lowest BCUT2D eigenvalue weighted by Crippen LogP contribution is -2.68. The summed E-state index contributed by atoms with van der Waals surface area (Å²) in [7, 11) is -4.94. The molecule has 1 N–H and O–H groups in total. The van der Waals surface area contributed by atoms with Gasteiger partial charge in [-0.25, -0.2) is 18.6 Å². The van der Waals surface area contributed by atoms with Crippen molar-refractivity contribution < 1.29 is 38.6 Å². The molecule has 0 bridgehead atoms. The number of rotatable bonds is 3. The number of phenolic OH excluding ortho intramolecular Hbond substituents is 1. The van der Waals surface area contributed by atoms with Crippen LogP contribution in [0.4, 0.5) is 0 Å². The SMILES string of the molecule is Cc1c(-c2ccccc2O)cc(-c2ccccc2)[n+](C(C)(C)C)c1-c1ccccc1.[O-][Cl+3]([O-])([O-])[O-]. The summed E-state index contributed by atoms with van der Waals surface area (Å²) in [5, 5.41) is 10.6. The second kappa shape index (κ2) is 10.6. The highest BCUT2D eigenvalue weighted by Gasteiger charge is 2.34. The lowest BCUT2D eigenvalue weighted by atomic mass is 9.91. The van der Waals surface area contributed by atoms with Crippen molar-refractivity contribution in [3.8, 4) is 39.4 Å². The van der Waals surface area contributed by atoms with Crippen molar-refractivity contribution >= 4 is 0 Å². The number of hydrogen-bond acceptors (Lipinski definition) is 5. The van der Waals surface area contributed by atoms with Gasteiger partial charge in [0.15, 0.2) is 5.54 Å². The average molecular weight is 494 g/mol. The standard InChI is InChI=1S/C28H27NO.ClHO4/c1-20-24(23-17-11-12-18-26(23)30)19-25(21-13-7-5-8-14-21)29(28(2,3)4)27(20)22-15-9-6-10-16-22;2-1(3,4)5/h5-19H,1-4H3;(H,2,3,4,5). The van der Waals surface area contributed by atoms with Crippen molar-refractivity contribution in [2.75, 3.05) is 0 Å². The molecule has 0 fully saturated rings. The van der Waals surface area contributed by atoms with E-state index < -0.39 is 10.2 Å². The zero-order valence-electron chi connectivity index (χ0n) is 20.1. The maximum Gasteiger partial charge on any atom is 0.216 e. The maximum atomic E-state index is 10.6. The van der Waals surface area contributed by atoms with Crippen LogP contribution in [-0.2, 0) is 5.54 Å². The van der Waals surface area contributed by atoms with E-state index in [1.165, 1.54) is 11.3 Å². The molecule has 4 aromatic rings. The molecule has 4 rings (SSSR count). The molecule has 0 saturated heterocycles. The fraction of sp³-hybridized carbons (Fsp3) is 0.179. The number of aromatic nitrogens is 1. The molecule has 1 aromatic heterocycles. The number of pyridine rings is 1. The number of hydrogen-bond donors (Lipinski definition) is 1. The van der Waals surface area contributed by atoms with Gasteiger partial charge in [-0.15, -0.1) is 10.2 Å². The summed E-state index contributed by atoms with van der Waals surface area (Å²) in [6.45, 7) is 8.88. The number of benzene rings is 3. The third kappa shape index (κ3) is 6.66. The second-order valence-electron chi connectivity index (χ2n) is 9.05. The summed E-state index contributed by atoms with van der Waals surface area (Å²) in [5.41, 5.74) is 7.53. The molecule has 0 aliphatic carbocycles. The summed E-state index contributed by atoms with van der Waals surface area (Å²) in [6, 6.07) is 30.8. The highest BCUT2D eigenvalue weighted by atomic mass is 35.7. The first kappa shape index (κ1) is 26.3. The molecule has 0 atom stereocenters. The van der Waals surface area contributed by atoms with Crippen LogP contribution < -0.4 is 23.2 Å². The van der Waals surface area contributed by atoms with Crippen molar-refractivity contribution in [2.24, 2.45) is 0 Å². The van der Waals surface area contributed by atoms with E-state index in [1.807, 2.05) is 30.3 Å². The monoisotopic (exact) mass is 493 g/mol. The highest BCUT2D eigenvalue weighted by molar-refractivity contribution is 5.80. The first-order valence-corrected chi connectivity index (χ1v) is 12.2. The van der Waals surface area contributed by atoms with Crippen molar-refractivity contribution in [3.05, 3.63) is 96.6 Å². The van der Waals surface area contributed by atoms with Crippen molar-refractivity contribution in [1.82, 2.24) is 0 Å². The van der Waals surface area contributed by atoms with Crippen LogP contribution in [0, 0.1) is 17.2 Å². The number of phenols is 1. The third-order valence-corrected chi connectivity index (χ3v) is 5.49. The van der Waals surface area contributed by atoms with Crippen LogP contribution in [-0.4, -0.2) is 5.11 Å². The minimum Gasteiger partial charge on any atom is -0.507 e. The zero-order valence-corrected chi connectivity index (χ0v) is 20.8. The van der Waals surface area contributed by atoms with Crippen LogP contribution in [0.15, 0.2) is 91.0 Å². The molecular weight excluding hydrogens is 466 g/mol. The van der Waals surface area contributed by atoms with Gasteiger partial charge in [0.2, 0.25) is 11.4 Å². The lowest BCUT2D eigenvalue weighted by Gasteiger charge is -2.24. The number of halogens is 1. The lowest BCUT2D eigenvalue weighted by molar-refractivity contribution is -2.00. The summed E-state index contributed by atoms with van der Waals surface area (Å²) < 4.78 is 36.4. The molecule has 0 unspecified atom stereocenters. The van der Waals surface area contributed by atoms with Gasteiger partial charge in [0.05, 0.1) is 0 Å². The largest absolute Gasteiger partial charge is 0.507 e. The highest BCUT2D eigenvalue weighted by Crippen LogP contribution is 2.38. The molecule has 7 heteroatoms. The Labute approximate surface area is 207 Å². The second-order valence-corrected chi connectivity index (χ2v) is 9.81.